The van der Waals surface area contributed by atoms with Crippen molar-refractivity contribution in [2.24, 2.45) is 0 Å². The van der Waals surface area contributed by atoms with Crippen molar-refractivity contribution in [3.05, 3.63) is 47.3 Å². The normalized spacial score (nSPS) is 15.6. The van der Waals surface area contributed by atoms with Crippen LogP contribution in [0.3, 0.4) is 0 Å². The number of hydrogen-bond acceptors (Lipinski definition) is 3. The Hall–Kier alpha value is -2.63. The predicted octanol–water partition coefficient (Wildman–Crippen LogP) is 2.34. The summed E-state index contributed by atoms with van der Waals surface area (Å²) in [4.78, 5) is 24.1. The summed E-state index contributed by atoms with van der Waals surface area (Å²) in [5.41, 5.74) is 1.93. The Balaban J connectivity index is 1.98. The maximum atomic E-state index is 12.7. The van der Waals surface area contributed by atoms with Crippen LogP contribution in [-0.4, -0.2) is 32.3 Å². The highest BCUT2D eigenvalue weighted by atomic mass is 16.4. The molecule has 0 bridgehead atoms. The molecule has 2 N–H and O–H groups in total. The maximum Gasteiger partial charge on any atom is 0.329 e. The van der Waals surface area contributed by atoms with Crippen molar-refractivity contribution in [1.29, 1.82) is 0 Å². The molecule has 1 aliphatic carbocycles. The van der Waals surface area contributed by atoms with Crippen LogP contribution in [0.1, 0.15) is 48.4 Å². The Morgan fingerprint density at radius 2 is 2.00 bits per heavy atom. The zero-order valence-corrected chi connectivity index (χ0v) is 13.9. The highest BCUT2D eigenvalue weighted by Gasteiger charge is 2.35. The molecule has 1 aromatic carbocycles. The number of para-hydroxylation sites is 1. The molecule has 1 unspecified atom stereocenters. The van der Waals surface area contributed by atoms with E-state index in [4.69, 9.17) is 0 Å². The van der Waals surface area contributed by atoms with Crippen LogP contribution >= 0.6 is 0 Å². The molecule has 0 saturated carbocycles. The van der Waals surface area contributed by atoms with Crippen LogP contribution in [0.15, 0.2) is 30.3 Å². The molecular weight excluding hydrogens is 306 g/mol. The number of carboxylic acid groups (broad SMARTS) is 1. The molecule has 3 rings (SSSR count). The third-order valence-electron chi connectivity index (χ3n) is 4.71. The Morgan fingerprint density at radius 1 is 1.29 bits per heavy atom. The number of aliphatic carboxylic acids is 1. The van der Waals surface area contributed by atoms with Crippen molar-refractivity contribution in [2.75, 3.05) is 0 Å². The van der Waals surface area contributed by atoms with Gasteiger partial charge in [-0.1, -0.05) is 25.1 Å². The average Bonchev–Trinajstić information content (AvgIpc) is 3.17. The van der Waals surface area contributed by atoms with Gasteiger partial charge in [0.25, 0.3) is 5.91 Å². The van der Waals surface area contributed by atoms with Gasteiger partial charge in [-0.25, -0.2) is 9.48 Å². The number of fused-ring (bicyclic) bond motifs is 1. The minimum Gasteiger partial charge on any atom is -0.480 e. The van der Waals surface area contributed by atoms with E-state index in [9.17, 15) is 14.7 Å². The van der Waals surface area contributed by atoms with E-state index in [0.717, 1.165) is 36.2 Å². The maximum absolute atomic E-state index is 12.7. The molecule has 1 aromatic heterocycles. The van der Waals surface area contributed by atoms with Gasteiger partial charge in [-0.2, -0.15) is 5.10 Å². The number of aromatic nitrogens is 2. The standard InChI is InChI=1S/C18H21N3O3/c1-3-18(2,17(23)24)19-16(22)15-13-10-7-11-14(13)21(20-15)12-8-5-4-6-9-12/h4-6,8-9H,3,7,10-11H2,1-2H3,(H,19,22)(H,23,24). The highest BCUT2D eigenvalue weighted by Crippen LogP contribution is 2.28. The molecule has 1 heterocycles. The minimum atomic E-state index is -1.29. The molecule has 126 valence electrons. The van der Waals surface area contributed by atoms with Crippen molar-refractivity contribution in [2.45, 2.75) is 45.1 Å². The monoisotopic (exact) mass is 327 g/mol. The number of nitrogens with one attached hydrogen (secondary N) is 1. The predicted molar refractivity (Wildman–Crippen MR) is 89.4 cm³/mol. The van der Waals surface area contributed by atoms with Crippen LogP contribution in [0.25, 0.3) is 5.69 Å². The highest BCUT2D eigenvalue weighted by molar-refractivity contribution is 5.97. The molecule has 0 aliphatic heterocycles. The average molecular weight is 327 g/mol. The molecule has 0 fully saturated rings. The summed E-state index contributed by atoms with van der Waals surface area (Å²) in [6.45, 7) is 3.25. The van der Waals surface area contributed by atoms with Gasteiger partial charge in [0.05, 0.1) is 5.69 Å². The minimum absolute atomic E-state index is 0.301. The quantitative estimate of drug-likeness (QED) is 0.883. The second-order valence-electron chi connectivity index (χ2n) is 6.32. The third kappa shape index (κ3) is 2.68. The molecule has 0 radical (unpaired) electrons. The number of carbonyl (C=O) groups excluding carboxylic acids is 1. The summed E-state index contributed by atoms with van der Waals surface area (Å²) < 4.78 is 1.81. The van der Waals surface area contributed by atoms with E-state index < -0.39 is 17.4 Å². The first-order valence-corrected chi connectivity index (χ1v) is 8.18. The fourth-order valence-electron chi connectivity index (χ4n) is 3.01. The first kappa shape index (κ1) is 16.2. The van der Waals surface area contributed by atoms with Gasteiger partial charge in [-0.3, -0.25) is 4.79 Å². The fraction of sp³-hybridized carbons (Fsp3) is 0.389. The topological polar surface area (TPSA) is 84.2 Å². The number of amides is 1. The lowest BCUT2D eigenvalue weighted by molar-refractivity contribution is -0.143. The van der Waals surface area contributed by atoms with Gasteiger partial charge >= 0.3 is 5.97 Å². The van der Waals surface area contributed by atoms with Crippen LogP contribution < -0.4 is 5.32 Å². The van der Waals surface area contributed by atoms with E-state index in [0.29, 0.717) is 12.1 Å². The van der Waals surface area contributed by atoms with Crippen LogP contribution in [0.5, 0.6) is 0 Å². The number of nitrogens with zero attached hydrogens (tertiary/aromatic N) is 2. The van der Waals surface area contributed by atoms with Gasteiger partial charge in [-0.05, 0) is 44.7 Å². The Morgan fingerprint density at radius 3 is 2.62 bits per heavy atom. The third-order valence-corrected chi connectivity index (χ3v) is 4.71. The van der Waals surface area contributed by atoms with Crippen LogP contribution in [0.2, 0.25) is 0 Å². The van der Waals surface area contributed by atoms with Crippen LogP contribution in [-0.2, 0) is 17.6 Å². The van der Waals surface area contributed by atoms with E-state index in [2.05, 4.69) is 10.4 Å². The van der Waals surface area contributed by atoms with Crippen LogP contribution in [0.4, 0.5) is 0 Å². The Kier molecular flexibility index (Phi) is 4.13. The number of benzene rings is 1. The number of carbonyl (C=O) groups is 2. The molecular formula is C18H21N3O3. The zero-order valence-electron chi connectivity index (χ0n) is 13.9. The molecule has 6 nitrogen and oxygen atoms in total. The lowest BCUT2D eigenvalue weighted by Crippen LogP contribution is -2.52. The van der Waals surface area contributed by atoms with Crippen molar-refractivity contribution < 1.29 is 14.7 Å². The van der Waals surface area contributed by atoms with Gasteiger partial charge in [0.1, 0.15) is 5.54 Å². The number of hydrogen-bond donors (Lipinski definition) is 2. The SMILES string of the molecule is CCC(C)(NC(=O)c1nn(-c2ccccc2)c2c1CCC2)C(=O)O. The van der Waals surface area contributed by atoms with Crippen molar-refractivity contribution in [3.63, 3.8) is 0 Å². The molecule has 1 atom stereocenters. The molecule has 24 heavy (non-hydrogen) atoms. The second-order valence-corrected chi connectivity index (χ2v) is 6.32. The van der Waals surface area contributed by atoms with E-state index in [1.807, 2.05) is 30.3 Å². The number of rotatable bonds is 5. The van der Waals surface area contributed by atoms with Crippen molar-refractivity contribution in [1.82, 2.24) is 15.1 Å². The van der Waals surface area contributed by atoms with Crippen molar-refractivity contribution in [3.8, 4) is 5.69 Å². The van der Waals surface area contributed by atoms with Gasteiger partial charge in [0.2, 0.25) is 0 Å². The lowest BCUT2D eigenvalue weighted by atomic mass is 9.99. The van der Waals surface area contributed by atoms with Crippen molar-refractivity contribution >= 4 is 11.9 Å². The van der Waals surface area contributed by atoms with Crippen LogP contribution in [0, 0.1) is 0 Å². The first-order valence-electron chi connectivity index (χ1n) is 8.18. The van der Waals surface area contributed by atoms with Gasteiger partial charge in [-0.15, -0.1) is 0 Å². The largest absolute Gasteiger partial charge is 0.480 e. The van der Waals surface area contributed by atoms with Gasteiger partial charge in [0, 0.05) is 11.3 Å². The summed E-state index contributed by atoms with van der Waals surface area (Å²) in [6.07, 6.45) is 2.94. The second kappa shape index (κ2) is 6.11. The summed E-state index contributed by atoms with van der Waals surface area (Å²) in [5, 5.41) is 16.5. The Bertz CT molecular complexity index is 782. The molecule has 0 saturated heterocycles. The summed E-state index contributed by atoms with van der Waals surface area (Å²) in [6, 6.07) is 9.68. The smallest absolute Gasteiger partial charge is 0.329 e. The van der Waals surface area contributed by atoms with Gasteiger partial charge in [0.15, 0.2) is 5.69 Å². The van der Waals surface area contributed by atoms with E-state index in [-0.39, 0.29) is 0 Å². The number of carboxylic acids is 1. The molecule has 2 aromatic rings. The Labute approximate surface area is 140 Å². The lowest BCUT2D eigenvalue weighted by Gasteiger charge is -2.24. The molecule has 0 spiro atoms. The zero-order chi connectivity index (χ0) is 17.3. The van der Waals surface area contributed by atoms with E-state index in [1.165, 1.54) is 6.92 Å². The first-order chi connectivity index (χ1) is 11.5. The molecule has 1 amide bonds. The van der Waals surface area contributed by atoms with Gasteiger partial charge < -0.3 is 10.4 Å². The summed E-state index contributed by atoms with van der Waals surface area (Å²) >= 11 is 0. The molecule has 1 aliphatic rings. The summed E-state index contributed by atoms with van der Waals surface area (Å²) in [7, 11) is 0. The molecule has 6 heteroatoms. The van der Waals surface area contributed by atoms with E-state index >= 15 is 0 Å². The summed E-state index contributed by atoms with van der Waals surface area (Å²) in [5.74, 6) is -1.47. The van der Waals surface area contributed by atoms with E-state index in [1.54, 1.807) is 11.6 Å². The fourth-order valence-corrected chi connectivity index (χ4v) is 3.01.